The molecule has 126 valence electrons. The predicted molar refractivity (Wildman–Crippen MR) is 64.8 cm³/mol. The lowest BCUT2D eigenvalue weighted by Gasteiger charge is -2.15. The third kappa shape index (κ3) is 5.98. The summed E-state index contributed by atoms with van der Waals surface area (Å²) in [6.07, 6.45) is -5.77. The van der Waals surface area contributed by atoms with Crippen LogP contribution in [0.3, 0.4) is 0 Å². The number of ether oxygens (including phenoxy) is 3. The van der Waals surface area contributed by atoms with Gasteiger partial charge in [0.15, 0.2) is 0 Å². The summed E-state index contributed by atoms with van der Waals surface area (Å²) >= 11 is 0. The predicted octanol–water partition coefficient (Wildman–Crippen LogP) is 3.16. The molecule has 0 fully saturated rings. The zero-order valence-corrected chi connectivity index (χ0v) is 11.6. The van der Waals surface area contributed by atoms with Crippen molar-refractivity contribution in [2.75, 3.05) is 6.61 Å². The zero-order valence-electron chi connectivity index (χ0n) is 11.6. The molecule has 0 saturated carbocycles. The Bertz CT molecular complexity index is 610. The number of hydrogen-bond donors (Lipinski definition) is 0. The molecule has 23 heavy (non-hydrogen) atoms. The quantitative estimate of drug-likeness (QED) is 0.588. The molecule has 0 unspecified atom stereocenters. The molecule has 0 bridgehead atoms. The minimum absolute atomic E-state index is 0.0229. The van der Waals surface area contributed by atoms with Crippen LogP contribution < -0.4 is 9.47 Å². The number of esters is 1. The minimum Gasteiger partial charge on any atom is -0.466 e. The highest BCUT2D eigenvalue weighted by molar-refractivity contribution is 5.74. The van der Waals surface area contributed by atoms with Crippen molar-refractivity contribution in [3.05, 3.63) is 23.3 Å². The summed E-state index contributed by atoms with van der Waals surface area (Å²) in [5.74, 6) is -2.44. The first-order valence-corrected chi connectivity index (χ1v) is 6.09. The Hall–Kier alpha value is -2.57. The molecule has 0 radical (unpaired) electrons. The van der Waals surface area contributed by atoms with Gasteiger partial charge in [0, 0.05) is 11.6 Å². The summed E-state index contributed by atoms with van der Waals surface area (Å²) in [7, 11) is 0. The molecular weight excluding hydrogens is 329 g/mol. The van der Waals surface area contributed by atoms with Gasteiger partial charge in [0.25, 0.3) is 0 Å². The van der Waals surface area contributed by atoms with Gasteiger partial charge in [-0.25, -0.2) is 0 Å². The Morgan fingerprint density at radius 3 is 2.43 bits per heavy atom. The minimum atomic E-state index is -5.10. The second-order valence-corrected chi connectivity index (χ2v) is 3.98. The van der Waals surface area contributed by atoms with Crippen LogP contribution in [0.4, 0.5) is 22.0 Å². The fourth-order valence-corrected chi connectivity index (χ4v) is 1.61. The number of alkyl halides is 5. The summed E-state index contributed by atoms with van der Waals surface area (Å²) in [6.45, 7) is -1.84. The van der Waals surface area contributed by atoms with Crippen LogP contribution in [0, 0.1) is 11.3 Å². The van der Waals surface area contributed by atoms with E-state index in [9.17, 15) is 26.7 Å². The Morgan fingerprint density at radius 2 is 1.96 bits per heavy atom. The lowest BCUT2D eigenvalue weighted by molar-refractivity contribution is -0.275. The van der Waals surface area contributed by atoms with Crippen molar-refractivity contribution in [3.63, 3.8) is 0 Å². The van der Waals surface area contributed by atoms with Crippen molar-refractivity contribution in [2.45, 2.75) is 26.3 Å². The van der Waals surface area contributed by atoms with Gasteiger partial charge in [-0.2, -0.15) is 14.0 Å². The van der Waals surface area contributed by atoms with E-state index in [1.807, 2.05) is 0 Å². The van der Waals surface area contributed by atoms with Gasteiger partial charge in [0.1, 0.15) is 17.6 Å². The first-order chi connectivity index (χ1) is 10.7. The third-order valence-electron chi connectivity index (χ3n) is 2.37. The van der Waals surface area contributed by atoms with Gasteiger partial charge in [-0.3, -0.25) is 4.79 Å². The number of hydrogen-bond acceptors (Lipinski definition) is 5. The van der Waals surface area contributed by atoms with Crippen molar-refractivity contribution in [1.29, 1.82) is 5.26 Å². The molecule has 0 aliphatic rings. The van der Waals surface area contributed by atoms with E-state index in [1.54, 1.807) is 0 Å². The second-order valence-electron chi connectivity index (χ2n) is 3.98. The van der Waals surface area contributed by atoms with Gasteiger partial charge in [-0.05, 0) is 13.0 Å². The van der Waals surface area contributed by atoms with Crippen LogP contribution in [0.25, 0.3) is 0 Å². The molecule has 0 spiro atoms. The average Bonchev–Trinajstić information content (AvgIpc) is 2.39. The molecule has 0 aliphatic carbocycles. The number of nitriles is 1. The van der Waals surface area contributed by atoms with Gasteiger partial charge >= 0.3 is 18.9 Å². The second kappa shape index (κ2) is 7.62. The van der Waals surface area contributed by atoms with E-state index >= 15 is 0 Å². The van der Waals surface area contributed by atoms with E-state index in [2.05, 4.69) is 14.2 Å². The topological polar surface area (TPSA) is 68.5 Å². The number of carbonyl (C=O) groups excluding carboxylic acids is 1. The van der Waals surface area contributed by atoms with Crippen LogP contribution in [0.5, 0.6) is 11.5 Å². The average molecular weight is 339 g/mol. The van der Waals surface area contributed by atoms with Crippen molar-refractivity contribution >= 4 is 5.97 Å². The van der Waals surface area contributed by atoms with E-state index in [0.29, 0.717) is 12.1 Å². The molecule has 0 saturated heterocycles. The van der Waals surface area contributed by atoms with Gasteiger partial charge in [-0.15, -0.1) is 13.2 Å². The SMILES string of the molecule is CCOC(=O)Cc1cc(OC(F)F)c(C#N)cc1OC(F)(F)F. The molecule has 10 heteroatoms. The molecule has 1 aromatic rings. The molecule has 0 atom stereocenters. The Balaban J connectivity index is 3.29. The highest BCUT2D eigenvalue weighted by atomic mass is 19.4. The highest BCUT2D eigenvalue weighted by Gasteiger charge is 2.33. The van der Waals surface area contributed by atoms with Gasteiger partial charge in [-0.1, -0.05) is 0 Å². The summed E-state index contributed by atoms with van der Waals surface area (Å²) in [5.41, 5.74) is -1.01. The zero-order chi connectivity index (χ0) is 17.6. The van der Waals surface area contributed by atoms with E-state index < -0.39 is 48.0 Å². The molecule has 1 aromatic carbocycles. The van der Waals surface area contributed by atoms with E-state index in [1.165, 1.54) is 13.0 Å². The van der Waals surface area contributed by atoms with E-state index in [0.717, 1.165) is 0 Å². The Morgan fingerprint density at radius 1 is 1.30 bits per heavy atom. The van der Waals surface area contributed by atoms with Gasteiger partial charge < -0.3 is 14.2 Å². The van der Waals surface area contributed by atoms with Crippen molar-refractivity contribution < 1.29 is 41.0 Å². The van der Waals surface area contributed by atoms with E-state index in [4.69, 9.17) is 5.26 Å². The summed E-state index contributed by atoms with van der Waals surface area (Å²) < 4.78 is 74.1. The Kier molecular flexibility index (Phi) is 6.12. The molecule has 0 N–H and O–H groups in total. The maximum absolute atomic E-state index is 12.4. The monoisotopic (exact) mass is 339 g/mol. The molecule has 0 aromatic heterocycles. The molecular formula is C13H10F5NO4. The van der Waals surface area contributed by atoms with Crippen molar-refractivity contribution in [2.24, 2.45) is 0 Å². The number of nitrogens with zero attached hydrogens (tertiary/aromatic N) is 1. The molecule has 0 heterocycles. The molecule has 0 amide bonds. The largest absolute Gasteiger partial charge is 0.573 e. The Labute approximate surface area is 127 Å². The molecule has 1 rings (SSSR count). The smallest absolute Gasteiger partial charge is 0.466 e. The number of rotatable bonds is 6. The van der Waals surface area contributed by atoms with Gasteiger partial charge in [0.05, 0.1) is 18.6 Å². The summed E-state index contributed by atoms with van der Waals surface area (Å²) in [5, 5.41) is 8.81. The van der Waals surface area contributed by atoms with E-state index in [-0.39, 0.29) is 6.61 Å². The van der Waals surface area contributed by atoms with Crippen LogP contribution in [0.1, 0.15) is 18.1 Å². The first-order valence-electron chi connectivity index (χ1n) is 6.09. The van der Waals surface area contributed by atoms with Crippen LogP contribution >= 0.6 is 0 Å². The third-order valence-corrected chi connectivity index (χ3v) is 2.37. The molecule has 0 aliphatic heterocycles. The maximum Gasteiger partial charge on any atom is 0.573 e. The number of carbonyl (C=O) groups is 1. The van der Waals surface area contributed by atoms with Gasteiger partial charge in [0.2, 0.25) is 0 Å². The maximum atomic E-state index is 12.4. The fourth-order valence-electron chi connectivity index (χ4n) is 1.61. The summed E-state index contributed by atoms with van der Waals surface area (Å²) in [4.78, 5) is 11.4. The van der Waals surface area contributed by atoms with Crippen molar-refractivity contribution in [3.8, 4) is 17.6 Å². The highest BCUT2D eigenvalue weighted by Crippen LogP contribution is 2.33. The van der Waals surface area contributed by atoms with Crippen LogP contribution in [-0.4, -0.2) is 25.6 Å². The first kappa shape index (κ1) is 18.5. The number of halogens is 5. The normalized spacial score (nSPS) is 11.0. The van der Waals surface area contributed by atoms with Crippen LogP contribution in [-0.2, 0) is 16.0 Å². The lowest BCUT2D eigenvalue weighted by atomic mass is 10.1. The van der Waals surface area contributed by atoms with Crippen LogP contribution in [0.15, 0.2) is 12.1 Å². The lowest BCUT2D eigenvalue weighted by Crippen LogP contribution is -2.19. The number of benzene rings is 1. The molecule has 5 nitrogen and oxygen atoms in total. The van der Waals surface area contributed by atoms with Crippen molar-refractivity contribution in [1.82, 2.24) is 0 Å². The fraction of sp³-hybridized carbons (Fsp3) is 0.385. The summed E-state index contributed by atoms with van der Waals surface area (Å²) in [6, 6.07) is 2.69. The van der Waals surface area contributed by atoms with Crippen LogP contribution in [0.2, 0.25) is 0 Å². The standard InChI is InChI=1S/C13H10F5NO4/c1-2-21-11(20)5-7-3-9(22-12(14)15)8(6-19)4-10(7)23-13(16,17)18/h3-4,12H,2,5H2,1H3.